The van der Waals surface area contributed by atoms with Crippen LogP contribution in [0.2, 0.25) is 0 Å². The third-order valence-corrected chi connectivity index (χ3v) is 3.93. The molecule has 25 heavy (non-hydrogen) atoms. The van der Waals surface area contributed by atoms with Crippen LogP contribution in [0.5, 0.6) is 0 Å². The molecule has 0 aromatic heterocycles. The standard InChI is InChI=1S/C18H26N4O3/c1-2-25-13-7-11-21-18(19)20-10-5-6-12-22-16(23)14-8-3-4-9-15(14)17(22)24/h3-4,8-9H,2,5-7,10-13H2,1H3,(H3,19,20,21). The molecule has 0 fully saturated rings. The van der Waals surface area contributed by atoms with Crippen LogP contribution in [0, 0.1) is 0 Å². The van der Waals surface area contributed by atoms with Crippen LogP contribution in [-0.2, 0) is 4.74 Å². The number of imide groups is 1. The van der Waals surface area contributed by atoms with E-state index in [4.69, 9.17) is 10.5 Å². The largest absolute Gasteiger partial charge is 0.382 e. The zero-order valence-corrected chi connectivity index (χ0v) is 14.7. The number of ether oxygens (including phenoxy) is 1. The molecule has 0 bridgehead atoms. The van der Waals surface area contributed by atoms with Crippen molar-refractivity contribution in [3.8, 4) is 0 Å². The van der Waals surface area contributed by atoms with Crippen molar-refractivity contribution in [2.75, 3.05) is 32.8 Å². The smallest absolute Gasteiger partial charge is 0.261 e. The first kappa shape index (κ1) is 18.9. The maximum atomic E-state index is 12.2. The Bertz CT molecular complexity index is 596. The molecule has 2 rings (SSSR count). The maximum absolute atomic E-state index is 12.2. The lowest BCUT2D eigenvalue weighted by Crippen LogP contribution is -2.34. The van der Waals surface area contributed by atoms with Gasteiger partial charge in [-0.05, 0) is 38.3 Å². The van der Waals surface area contributed by atoms with Crippen molar-refractivity contribution >= 4 is 17.8 Å². The zero-order chi connectivity index (χ0) is 18.1. The number of aliphatic imine (C=N–C) groups is 1. The highest BCUT2D eigenvalue weighted by molar-refractivity contribution is 6.21. The van der Waals surface area contributed by atoms with Gasteiger partial charge in [-0.3, -0.25) is 19.5 Å². The molecule has 1 aliphatic rings. The third kappa shape index (κ3) is 5.29. The summed E-state index contributed by atoms with van der Waals surface area (Å²) in [6.07, 6.45) is 2.36. The summed E-state index contributed by atoms with van der Waals surface area (Å²) in [6, 6.07) is 6.93. The van der Waals surface area contributed by atoms with Crippen molar-refractivity contribution in [2.45, 2.75) is 26.2 Å². The lowest BCUT2D eigenvalue weighted by Gasteiger charge is -2.13. The minimum Gasteiger partial charge on any atom is -0.382 e. The van der Waals surface area contributed by atoms with Gasteiger partial charge >= 0.3 is 0 Å². The first-order valence-electron chi connectivity index (χ1n) is 8.72. The molecule has 7 nitrogen and oxygen atoms in total. The SMILES string of the molecule is CCOCCCN=C(N)NCCCCN1C(=O)c2ccccc2C1=O. The Balaban J connectivity index is 1.63. The summed E-state index contributed by atoms with van der Waals surface area (Å²) < 4.78 is 5.23. The number of nitrogens with two attached hydrogens (primary N) is 1. The van der Waals surface area contributed by atoms with E-state index in [9.17, 15) is 9.59 Å². The van der Waals surface area contributed by atoms with Gasteiger partial charge in [-0.15, -0.1) is 0 Å². The molecule has 1 aliphatic heterocycles. The highest BCUT2D eigenvalue weighted by atomic mass is 16.5. The second kappa shape index (κ2) is 9.78. The number of guanidine groups is 1. The number of benzene rings is 1. The Hall–Kier alpha value is -2.41. The van der Waals surface area contributed by atoms with E-state index >= 15 is 0 Å². The fourth-order valence-corrected chi connectivity index (χ4v) is 2.62. The number of carbonyl (C=O) groups excluding carboxylic acids is 2. The van der Waals surface area contributed by atoms with Gasteiger partial charge in [0.15, 0.2) is 5.96 Å². The van der Waals surface area contributed by atoms with E-state index in [2.05, 4.69) is 10.3 Å². The van der Waals surface area contributed by atoms with E-state index in [1.54, 1.807) is 24.3 Å². The molecule has 0 radical (unpaired) electrons. The molecule has 1 heterocycles. The topological polar surface area (TPSA) is 97.0 Å². The van der Waals surface area contributed by atoms with Crippen molar-refractivity contribution < 1.29 is 14.3 Å². The van der Waals surface area contributed by atoms with Crippen molar-refractivity contribution in [3.63, 3.8) is 0 Å². The van der Waals surface area contributed by atoms with Crippen LogP contribution in [0.1, 0.15) is 46.9 Å². The quantitative estimate of drug-likeness (QED) is 0.289. The number of unbranched alkanes of at least 4 members (excludes halogenated alkanes) is 1. The molecule has 0 saturated carbocycles. The lowest BCUT2D eigenvalue weighted by molar-refractivity contribution is 0.0652. The highest BCUT2D eigenvalue weighted by Crippen LogP contribution is 2.22. The number of nitrogens with zero attached hydrogens (tertiary/aromatic N) is 2. The van der Waals surface area contributed by atoms with E-state index in [1.165, 1.54) is 4.90 Å². The molecule has 0 spiro atoms. The minimum absolute atomic E-state index is 0.205. The molecule has 2 amide bonds. The van der Waals surface area contributed by atoms with Crippen LogP contribution in [-0.4, -0.2) is 55.5 Å². The van der Waals surface area contributed by atoms with Gasteiger partial charge in [0.25, 0.3) is 11.8 Å². The van der Waals surface area contributed by atoms with Gasteiger partial charge in [0, 0.05) is 32.8 Å². The molecule has 136 valence electrons. The lowest BCUT2D eigenvalue weighted by atomic mass is 10.1. The predicted octanol–water partition coefficient (Wildman–Crippen LogP) is 1.39. The van der Waals surface area contributed by atoms with Gasteiger partial charge in [0.05, 0.1) is 11.1 Å². The summed E-state index contributed by atoms with van der Waals surface area (Å²) in [7, 11) is 0. The molecular formula is C18H26N4O3. The van der Waals surface area contributed by atoms with E-state index in [-0.39, 0.29) is 11.8 Å². The summed E-state index contributed by atoms with van der Waals surface area (Å²) in [6.45, 7) is 5.07. The number of nitrogens with one attached hydrogen (secondary N) is 1. The number of carbonyl (C=O) groups is 2. The Morgan fingerprint density at radius 3 is 2.48 bits per heavy atom. The van der Waals surface area contributed by atoms with Crippen LogP contribution >= 0.6 is 0 Å². The molecule has 7 heteroatoms. The molecule has 0 unspecified atom stereocenters. The Kier molecular flexibility index (Phi) is 7.40. The first-order valence-corrected chi connectivity index (χ1v) is 8.72. The summed E-state index contributed by atoms with van der Waals surface area (Å²) in [5.74, 6) is 0.00472. The fourth-order valence-electron chi connectivity index (χ4n) is 2.62. The van der Waals surface area contributed by atoms with Gasteiger partial charge in [-0.25, -0.2) is 0 Å². The molecule has 3 N–H and O–H groups in total. The normalized spacial score (nSPS) is 14.1. The van der Waals surface area contributed by atoms with E-state index < -0.39 is 0 Å². The molecule has 0 atom stereocenters. The van der Waals surface area contributed by atoms with E-state index in [1.807, 2.05) is 6.92 Å². The zero-order valence-electron chi connectivity index (χ0n) is 14.7. The van der Waals surface area contributed by atoms with E-state index in [0.29, 0.717) is 49.9 Å². The molecule has 1 aromatic rings. The summed E-state index contributed by atoms with van der Waals surface area (Å²) >= 11 is 0. The molecule has 0 aliphatic carbocycles. The Morgan fingerprint density at radius 1 is 1.16 bits per heavy atom. The van der Waals surface area contributed by atoms with Gasteiger partial charge in [0.1, 0.15) is 0 Å². The predicted molar refractivity (Wildman–Crippen MR) is 96.6 cm³/mol. The van der Waals surface area contributed by atoms with Crippen LogP contribution in [0.4, 0.5) is 0 Å². The van der Waals surface area contributed by atoms with Crippen LogP contribution in [0.15, 0.2) is 29.3 Å². The summed E-state index contributed by atoms with van der Waals surface area (Å²) in [5.41, 5.74) is 6.76. The van der Waals surface area contributed by atoms with E-state index in [0.717, 1.165) is 19.3 Å². The first-order chi connectivity index (χ1) is 12.1. The van der Waals surface area contributed by atoms with Crippen LogP contribution in [0.3, 0.4) is 0 Å². The summed E-state index contributed by atoms with van der Waals surface area (Å²) in [4.78, 5) is 29.9. The Labute approximate surface area is 148 Å². The van der Waals surface area contributed by atoms with Crippen molar-refractivity contribution in [1.29, 1.82) is 0 Å². The minimum atomic E-state index is -0.205. The average Bonchev–Trinajstić information content (AvgIpc) is 2.86. The second-order valence-electron chi connectivity index (χ2n) is 5.76. The number of hydrogen-bond donors (Lipinski definition) is 2. The van der Waals surface area contributed by atoms with Crippen molar-refractivity contribution in [1.82, 2.24) is 10.2 Å². The van der Waals surface area contributed by atoms with Gasteiger partial charge in [0.2, 0.25) is 0 Å². The van der Waals surface area contributed by atoms with Crippen molar-refractivity contribution in [2.24, 2.45) is 10.7 Å². The van der Waals surface area contributed by atoms with Gasteiger partial charge in [-0.2, -0.15) is 0 Å². The molecule has 1 aromatic carbocycles. The highest BCUT2D eigenvalue weighted by Gasteiger charge is 2.34. The number of fused-ring (bicyclic) bond motifs is 1. The number of amides is 2. The number of hydrogen-bond acceptors (Lipinski definition) is 4. The molecule has 0 saturated heterocycles. The monoisotopic (exact) mass is 346 g/mol. The second-order valence-corrected chi connectivity index (χ2v) is 5.76. The maximum Gasteiger partial charge on any atom is 0.261 e. The summed E-state index contributed by atoms with van der Waals surface area (Å²) in [5, 5.41) is 3.04. The molecular weight excluding hydrogens is 320 g/mol. The Morgan fingerprint density at radius 2 is 1.84 bits per heavy atom. The van der Waals surface area contributed by atoms with Crippen LogP contribution < -0.4 is 11.1 Å². The van der Waals surface area contributed by atoms with Crippen molar-refractivity contribution in [3.05, 3.63) is 35.4 Å². The third-order valence-electron chi connectivity index (χ3n) is 3.93. The number of rotatable bonds is 10. The van der Waals surface area contributed by atoms with Gasteiger partial charge < -0.3 is 15.8 Å². The van der Waals surface area contributed by atoms with Crippen LogP contribution in [0.25, 0.3) is 0 Å². The fraction of sp³-hybridized carbons (Fsp3) is 0.500. The van der Waals surface area contributed by atoms with Gasteiger partial charge in [-0.1, -0.05) is 12.1 Å². The average molecular weight is 346 g/mol.